The Bertz CT molecular complexity index is 462. The molecule has 0 aromatic carbocycles. The first-order valence-corrected chi connectivity index (χ1v) is 5.30. The molecule has 2 rings (SSSR count). The molecule has 0 saturated heterocycles. The van der Waals surface area contributed by atoms with E-state index in [9.17, 15) is 0 Å². The summed E-state index contributed by atoms with van der Waals surface area (Å²) in [6.45, 7) is 2.80. The van der Waals surface area contributed by atoms with E-state index in [0.29, 0.717) is 0 Å². The molecule has 0 fully saturated rings. The van der Waals surface area contributed by atoms with Gasteiger partial charge in [-0.2, -0.15) is 0 Å². The monoisotopic (exact) mass is 253 g/mol. The molecule has 0 unspecified atom stereocenters. The van der Waals surface area contributed by atoms with Crippen LogP contribution in [0.2, 0.25) is 0 Å². The molecular formula is C10H12BrN3. The van der Waals surface area contributed by atoms with Gasteiger partial charge in [0.25, 0.3) is 0 Å². The first-order valence-electron chi connectivity index (χ1n) is 4.51. The minimum Gasteiger partial charge on any atom is -0.313 e. The molecule has 0 aliphatic heterocycles. The molecule has 0 atom stereocenters. The summed E-state index contributed by atoms with van der Waals surface area (Å²) >= 11 is 3.53. The molecule has 4 heteroatoms. The van der Waals surface area contributed by atoms with E-state index in [4.69, 9.17) is 0 Å². The fourth-order valence-electron chi connectivity index (χ4n) is 1.61. The van der Waals surface area contributed by atoms with Gasteiger partial charge in [0.15, 0.2) is 0 Å². The van der Waals surface area contributed by atoms with Gasteiger partial charge in [-0.05, 0) is 42.0 Å². The van der Waals surface area contributed by atoms with Gasteiger partial charge in [0.1, 0.15) is 5.82 Å². The molecule has 2 heterocycles. The van der Waals surface area contributed by atoms with Crippen molar-refractivity contribution in [3.05, 3.63) is 34.3 Å². The van der Waals surface area contributed by atoms with Crippen molar-refractivity contribution in [3.8, 4) is 0 Å². The van der Waals surface area contributed by atoms with Crippen LogP contribution in [0.5, 0.6) is 0 Å². The number of nitrogens with zero attached hydrogens (tertiary/aromatic N) is 2. The van der Waals surface area contributed by atoms with Crippen LogP contribution in [-0.4, -0.2) is 16.4 Å². The van der Waals surface area contributed by atoms with Crippen molar-refractivity contribution in [2.24, 2.45) is 0 Å². The SMILES string of the molecule is CNCc1nc(C)c2cccc(Br)n12. The van der Waals surface area contributed by atoms with Crippen LogP contribution >= 0.6 is 15.9 Å². The fraction of sp³-hybridized carbons (Fsp3) is 0.300. The Morgan fingerprint density at radius 3 is 3.00 bits per heavy atom. The van der Waals surface area contributed by atoms with Crippen molar-refractivity contribution >= 4 is 21.4 Å². The number of imidazole rings is 1. The molecule has 74 valence electrons. The molecule has 0 aliphatic carbocycles. The third kappa shape index (κ3) is 1.44. The van der Waals surface area contributed by atoms with E-state index >= 15 is 0 Å². The van der Waals surface area contributed by atoms with Gasteiger partial charge in [0.2, 0.25) is 0 Å². The smallest absolute Gasteiger partial charge is 0.128 e. The Morgan fingerprint density at radius 1 is 1.50 bits per heavy atom. The normalized spacial score (nSPS) is 11.1. The number of fused-ring (bicyclic) bond motifs is 1. The van der Waals surface area contributed by atoms with Crippen LogP contribution in [-0.2, 0) is 6.54 Å². The van der Waals surface area contributed by atoms with Crippen LogP contribution in [0.1, 0.15) is 11.5 Å². The quantitative estimate of drug-likeness (QED) is 0.832. The Balaban J connectivity index is 2.72. The lowest BCUT2D eigenvalue weighted by Gasteiger charge is -2.02. The number of halogens is 1. The maximum atomic E-state index is 4.51. The number of rotatable bonds is 2. The van der Waals surface area contributed by atoms with Crippen LogP contribution in [0, 0.1) is 6.92 Å². The predicted octanol–water partition coefficient (Wildman–Crippen LogP) is 2.12. The van der Waals surface area contributed by atoms with E-state index in [0.717, 1.165) is 28.2 Å². The maximum Gasteiger partial charge on any atom is 0.128 e. The predicted molar refractivity (Wildman–Crippen MR) is 60.4 cm³/mol. The van der Waals surface area contributed by atoms with E-state index in [-0.39, 0.29) is 0 Å². The fourth-order valence-corrected chi connectivity index (χ4v) is 2.15. The van der Waals surface area contributed by atoms with Gasteiger partial charge in [-0.3, -0.25) is 4.40 Å². The third-order valence-electron chi connectivity index (χ3n) is 2.20. The maximum absolute atomic E-state index is 4.51. The number of hydrogen-bond acceptors (Lipinski definition) is 2. The second kappa shape index (κ2) is 3.71. The van der Waals surface area contributed by atoms with Gasteiger partial charge in [0.05, 0.1) is 22.4 Å². The minimum absolute atomic E-state index is 0.775. The van der Waals surface area contributed by atoms with Gasteiger partial charge in [-0.15, -0.1) is 0 Å². The average Bonchev–Trinajstić information content (AvgIpc) is 2.46. The van der Waals surface area contributed by atoms with Crippen molar-refractivity contribution in [2.75, 3.05) is 7.05 Å². The molecule has 0 amide bonds. The van der Waals surface area contributed by atoms with Crippen LogP contribution < -0.4 is 5.32 Å². The highest BCUT2D eigenvalue weighted by Gasteiger charge is 2.08. The molecule has 14 heavy (non-hydrogen) atoms. The minimum atomic E-state index is 0.775. The second-order valence-corrected chi connectivity index (χ2v) is 4.03. The molecular weight excluding hydrogens is 242 g/mol. The summed E-state index contributed by atoms with van der Waals surface area (Å²) in [4.78, 5) is 4.51. The lowest BCUT2D eigenvalue weighted by atomic mass is 10.3. The summed E-state index contributed by atoms with van der Waals surface area (Å²) in [7, 11) is 1.92. The Hall–Kier alpha value is -0.870. The van der Waals surface area contributed by atoms with E-state index in [1.54, 1.807) is 0 Å². The second-order valence-electron chi connectivity index (χ2n) is 3.21. The molecule has 3 nitrogen and oxygen atoms in total. The van der Waals surface area contributed by atoms with Crippen molar-refractivity contribution in [2.45, 2.75) is 13.5 Å². The average molecular weight is 254 g/mol. The van der Waals surface area contributed by atoms with E-state index < -0.39 is 0 Å². The highest BCUT2D eigenvalue weighted by molar-refractivity contribution is 9.10. The zero-order chi connectivity index (χ0) is 10.1. The summed E-state index contributed by atoms with van der Waals surface area (Å²) in [5.74, 6) is 1.03. The molecule has 2 aromatic rings. The first-order chi connectivity index (χ1) is 6.74. The summed E-state index contributed by atoms with van der Waals surface area (Å²) in [6.07, 6.45) is 0. The third-order valence-corrected chi connectivity index (χ3v) is 2.82. The largest absolute Gasteiger partial charge is 0.313 e. The zero-order valence-corrected chi connectivity index (χ0v) is 9.80. The van der Waals surface area contributed by atoms with Crippen LogP contribution in [0.3, 0.4) is 0 Å². The number of aryl methyl sites for hydroxylation is 1. The number of hydrogen-bond donors (Lipinski definition) is 1. The standard InChI is InChI=1S/C10H12BrN3/c1-7-8-4-3-5-9(11)14(8)10(13-7)6-12-2/h3-5,12H,6H2,1-2H3. The summed E-state index contributed by atoms with van der Waals surface area (Å²) < 4.78 is 3.16. The lowest BCUT2D eigenvalue weighted by Crippen LogP contribution is -2.09. The topological polar surface area (TPSA) is 29.3 Å². The van der Waals surface area contributed by atoms with E-state index in [1.807, 2.05) is 26.1 Å². The van der Waals surface area contributed by atoms with Gasteiger partial charge in [-0.25, -0.2) is 4.98 Å². The Labute approximate surface area is 91.3 Å². The van der Waals surface area contributed by atoms with Crippen molar-refractivity contribution < 1.29 is 0 Å². The molecule has 0 bridgehead atoms. The first kappa shape index (κ1) is 9.68. The molecule has 0 spiro atoms. The molecule has 2 aromatic heterocycles. The Kier molecular flexibility index (Phi) is 2.56. The lowest BCUT2D eigenvalue weighted by molar-refractivity contribution is 0.750. The number of pyridine rings is 1. The van der Waals surface area contributed by atoms with E-state index in [1.165, 1.54) is 0 Å². The number of aromatic nitrogens is 2. The summed E-state index contributed by atoms with van der Waals surface area (Å²) in [5.41, 5.74) is 2.22. The van der Waals surface area contributed by atoms with Gasteiger partial charge >= 0.3 is 0 Å². The van der Waals surface area contributed by atoms with Gasteiger partial charge in [-0.1, -0.05) is 6.07 Å². The highest BCUT2D eigenvalue weighted by Crippen LogP contribution is 2.18. The van der Waals surface area contributed by atoms with Crippen LogP contribution in [0.4, 0.5) is 0 Å². The molecule has 0 radical (unpaired) electrons. The molecule has 1 N–H and O–H groups in total. The van der Waals surface area contributed by atoms with Crippen LogP contribution in [0.25, 0.3) is 5.52 Å². The van der Waals surface area contributed by atoms with Crippen LogP contribution in [0.15, 0.2) is 22.8 Å². The highest BCUT2D eigenvalue weighted by atomic mass is 79.9. The number of nitrogens with one attached hydrogen (secondary N) is 1. The summed E-state index contributed by atoms with van der Waals surface area (Å²) in [6, 6.07) is 6.12. The Morgan fingerprint density at radius 2 is 2.29 bits per heavy atom. The van der Waals surface area contributed by atoms with Gasteiger partial charge in [0, 0.05) is 0 Å². The summed E-state index contributed by atoms with van der Waals surface area (Å²) in [5, 5.41) is 3.11. The van der Waals surface area contributed by atoms with E-state index in [2.05, 4.69) is 36.7 Å². The van der Waals surface area contributed by atoms with Crippen molar-refractivity contribution in [1.29, 1.82) is 0 Å². The van der Waals surface area contributed by atoms with Crippen molar-refractivity contribution in [1.82, 2.24) is 14.7 Å². The molecule has 0 saturated carbocycles. The van der Waals surface area contributed by atoms with Gasteiger partial charge < -0.3 is 5.32 Å². The zero-order valence-electron chi connectivity index (χ0n) is 8.21. The van der Waals surface area contributed by atoms with Crippen molar-refractivity contribution in [3.63, 3.8) is 0 Å². The molecule has 0 aliphatic rings.